The molecule has 0 bridgehead atoms. The number of halogens is 1. The molecule has 2 nitrogen and oxygen atoms in total. The van der Waals surface area contributed by atoms with Crippen molar-refractivity contribution >= 4 is 28.8 Å². The van der Waals surface area contributed by atoms with Crippen LogP contribution in [0.4, 0.5) is 0 Å². The van der Waals surface area contributed by atoms with Gasteiger partial charge in [0.2, 0.25) is 5.91 Å². The summed E-state index contributed by atoms with van der Waals surface area (Å²) in [6, 6.07) is 3.85. The smallest absolute Gasteiger partial charge is 0.222 e. The lowest BCUT2D eigenvalue weighted by atomic mass is 9.90. The molecule has 0 saturated carbocycles. The summed E-state index contributed by atoms with van der Waals surface area (Å²) in [7, 11) is 1.85. The first-order valence-electron chi connectivity index (χ1n) is 6.26. The molecule has 0 aromatic carbocycles. The van der Waals surface area contributed by atoms with Crippen molar-refractivity contribution in [2.24, 2.45) is 5.41 Å². The van der Waals surface area contributed by atoms with Crippen LogP contribution >= 0.6 is 22.9 Å². The fraction of sp³-hybridized carbons (Fsp3) is 0.643. The lowest BCUT2D eigenvalue weighted by Crippen LogP contribution is -2.25. The Kier molecular flexibility index (Phi) is 5.67. The van der Waals surface area contributed by atoms with Gasteiger partial charge >= 0.3 is 0 Å². The molecule has 0 spiro atoms. The van der Waals surface area contributed by atoms with Gasteiger partial charge in [0.05, 0.1) is 10.9 Å². The summed E-state index contributed by atoms with van der Waals surface area (Å²) in [6.45, 7) is 7.27. The van der Waals surface area contributed by atoms with Gasteiger partial charge in [0.1, 0.15) is 0 Å². The van der Waals surface area contributed by atoms with Gasteiger partial charge in [-0.2, -0.15) is 0 Å². The average molecular weight is 288 g/mol. The van der Waals surface area contributed by atoms with Crippen molar-refractivity contribution in [1.29, 1.82) is 0 Å². The SMILES string of the molecule is CN(Cc1ccc(Cl)s1)C(=O)CCCC(C)(C)C. The zero-order valence-electron chi connectivity index (χ0n) is 11.6. The highest BCUT2D eigenvalue weighted by atomic mass is 35.5. The normalized spacial score (nSPS) is 11.6. The summed E-state index contributed by atoms with van der Waals surface area (Å²) in [5.41, 5.74) is 0.306. The molecule has 1 amide bonds. The van der Waals surface area contributed by atoms with Crippen molar-refractivity contribution in [3.05, 3.63) is 21.3 Å². The highest BCUT2D eigenvalue weighted by molar-refractivity contribution is 7.16. The van der Waals surface area contributed by atoms with Crippen molar-refractivity contribution < 1.29 is 4.79 Å². The van der Waals surface area contributed by atoms with Crippen LogP contribution in [0.5, 0.6) is 0 Å². The standard InChI is InChI=1S/C14H22ClNOS/c1-14(2,3)9-5-6-13(17)16(4)10-11-7-8-12(15)18-11/h7-8H,5-6,9-10H2,1-4H3. The van der Waals surface area contributed by atoms with E-state index in [1.165, 1.54) is 11.3 Å². The Bertz CT molecular complexity index is 395. The van der Waals surface area contributed by atoms with E-state index in [9.17, 15) is 4.79 Å². The molecule has 0 aliphatic carbocycles. The molecule has 18 heavy (non-hydrogen) atoms. The van der Waals surface area contributed by atoms with Gasteiger partial charge in [-0.1, -0.05) is 32.4 Å². The lowest BCUT2D eigenvalue weighted by Gasteiger charge is -2.20. The van der Waals surface area contributed by atoms with Gasteiger partial charge in [0, 0.05) is 18.3 Å². The maximum atomic E-state index is 11.9. The Morgan fingerprint density at radius 1 is 1.39 bits per heavy atom. The summed E-state index contributed by atoms with van der Waals surface area (Å²) >= 11 is 7.41. The van der Waals surface area contributed by atoms with Crippen LogP contribution < -0.4 is 0 Å². The number of thiophene rings is 1. The van der Waals surface area contributed by atoms with Gasteiger partial charge < -0.3 is 4.90 Å². The lowest BCUT2D eigenvalue weighted by molar-refractivity contribution is -0.130. The molecule has 102 valence electrons. The predicted molar refractivity (Wildman–Crippen MR) is 79.1 cm³/mol. The number of carbonyl (C=O) groups excluding carboxylic acids is 1. The van der Waals surface area contributed by atoms with E-state index in [0.717, 1.165) is 22.1 Å². The Hall–Kier alpha value is -0.540. The molecular formula is C14H22ClNOS. The van der Waals surface area contributed by atoms with Crippen LogP contribution in [0, 0.1) is 5.41 Å². The summed E-state index contributed by atoms with van der Waals surface area (Å²) < 4.78 is 0.776. The third-order valence-corrected chi connectivity index (χ3v) is 3.98. The van der Waals surface area contributed by atoms with Crippen LogP contribution in [0.25, 0.3) is 0 Å². The fourth-order valence-corrected chi connectivity index (χ4v) is 2.86. The molecule has 0 saturated heterocycles. The van der Waals surface area contributed by atoms with Crippen molar-refractivity contribution in [2.75, 3.05) is 7.05 Å². The maximum absolute atomic E-state index is 11.9. The Labute approximate surface area is 119 Å². The van der Waals surface area contributed by atoms with Crippen LogP contribution in [0.3, 0.4) is 0 Å². The highest BCUT2D eigenvalue weighted by Gasteiger charge is 2.14. The second-order valence-electron chi connectivity index (χ2n) is 5.87. The Balaban J connectivity index is 2.33. The summed E-state index contributed by atoms with van der Waals surface area (Å²) in [5, 5.41) is 0. The summed E-state index contributed by atoms with van der Waals surface area (Å²) in [6.07, 6.45) is 2.67. The number of hydrogen-bond acceptors (Lipinski definition) is 2. The predicted octanol–water partition coefficient (Wildman–Crippen LogP) is 4.58. The first-order chi connectivity index (χ1) is 8.28. The van der Waals surface area contributed by atoms with Crippen LogP contribution in [-0.2, 0) is 11.3 Å². The second-order valence-corrected chi connectivity index (χ2v) is 7.67. The summed E-state index contributed by atoms with van der Waals surface area (Å²) in [4.78, 5) is 14.9. The minimum atomic E-state index is 0.212. The van der Waals surface area contributed by atoms with Crippen molar-refractivity contribution in [2.45, 2.75) is 46.6 Å². The molecule has 1 heterocycles. The van der Waals surface area contributed by atoms with Crippen molar-refractivity contribution in [3.63, 3.8) is 0 Å². The zero-order chi connectivity index (χ0) is 13.8. The van der Waals surface area contributed by atoms with E-state index in [1.807, 2.05) is 19.2 Å². The van der Waals surface area contributed by atoms with Crippen LogP contribution in [0.15, 0.2) is 12.1 Å². The van der Waals surface area contributed by atoms with E-state index < -0.39 is 0 Å². The Morgan fingerprint density at radius 2 is 2.06 bits per heavy atom. The number of hydrogen-bond donors (Lipinski definition) is 0. The van der Waals surface area contributed by atoms with E-state index >= 15 is 0 Å². The molecule has 0 fully saturated rings. The molecule has 4 heteroatoms. The van der Waals surface area contributed by atoms with E-state index in [1.54, 1.807) is 4.90 Å². The molecule has 1 aromatic rings. The number of amides is 1. The number of carbonyl (C=O) groups is 1. The molecule has 0 aliphatic rings. The number of nitrogens with zero attached hydrogens (tertiary/aromatic N) is 1. The van der Waals surface area contributed by atoms with Gasteiger partial charge in [0.15, 0.2) is 0 Å². The van der Waals surface area contributed by atoms with Crippen LogP contribution in [0.1, 0.15) is 44.9 Å². The van der Waals surface area contributed by atoms with Gasteiger partial charge in [-0.05, 0) is 30.4 Å². The van der Waals surface area contributed by atoms with E-state index in [2.05, 4.69) is 20.8 Å². The molecule has 0 aliphatic heterocycles. The van der Waals surface area contributed by atoms with Crippen LogP contribution in [0.2, 0.25) is 4.34 Å². The van der Waals surface area contributed by atoms with Gasteiger partial charge in [0.25, 0.3) is 0 Å². The molecule has 0 radical (unpaired) electrons. The molecular weight excluding hydrogens is 266 g/mol. The number of rotatable bonds is 5. The first-order valence-corrected chi connectivity index (χ1v) is 7.45. The molecule has 1 aromatic heterocycles. The van der Waals surface area contributed by atoms with Gasteiger partial charge in [-0.15, -0.1) is 11.3 Å². The fourth-order valence-electron chi connectivity index (χ4n) is 1.72. The van der Waals surface area contributed by atoms with Gasteiger partial charge in [-0.25, -0.2) is 0 Å². The summed E-state index contributed by atoms with van der Waals surface area (Å²) in [5.74, 6) is 0.212. The molecule has 1 rings (SSSR count). The van der Waals surface area contributed by atoms with Gasteiger partial charge in [-0.3, -0.25) is 4.79 Å². The third-order valence-electron chi connectivity index (χ3n) is 2.77. The minimum Gasteiger partial charge on any atom is -0.341 e. The molecule has 0 unspecified atom stereocenters. The van der Waals surface area contributed by atoms with E-state index in [4.69, 9.17) is 11.6 Å². The minimum absolute atomic E-state index is 0.212. The van der Waals surface area contributed by atoms with Crippen molar-refractivity contribution in [1.82, 2.24) is 4.90 Å². The Morgan fingerprint density at radius 3 is 2.56 bits per heavy atom. The molecule has 0 atom stereocenters. The van der Waals surface area contributed by atoms with E-state index in [0.29, 0.717) is 18.4 Å². The van der Waals surface area contributed by atoms with E-state index in [-0.39, 0.29) is 5.91 Å². The first kappa shape index (κ1) is 15.5. The second kappa shape index (κ2) is 6.58. The zero-order valence-corrected chi connectivity index (χ0v) is 13.2. The monoisotopic (exact) mass is 287 g/mol. The molecule has 0 N–H and O–H groups in total. The quantitative estimate of drug-likeness (QED) is 0.776. The third kappa shape index (κ3) is 5.87. The maximum Gasteiger partial charge on any atom is 0.222 e. The highest BCUT2D eigenvalue weighted by Crippen LogP contribution is 2.24. The van der Waals surface area contributed by atoms with Crippen molar-refractivity contribution in [3.8, 4) is 0 Å². The average Bonchev–Trinajstić information content (AvgIpc) is 2.61. The largest absolute Gasteiger partial charge is 0.341 e. The topological polar surface area (TPSA) is 20.3 Å². The van der Waals surface area contributed by atoms with Crippen LogP contribution in [-0.4, -0.2) is 17.9 Å².